The molecule has 1 amide bonds. The molecule has 7 heteroatoms. The zero-order valence-electron chi connectivity index (χ0n) is 16.8. The van der Waals surface area contributed by atoms with Crippen LogP contribution in [0.15, 0.2) is 48.7 Å². The minimum absolute atomic E-state index is 0.0417. The minimum atomic E-state index is -0.208. The number of hydrogen-bond donors (Lipinski definition) is 1. The number of nitrogens with zero attached hydrogens (tertiary/aromatic N) is 4. The SMILES string of the molecule is Cc1ccc(OCC(=O)Nc2ccc3nc(N4CCN(C)CC4)ncc3c2)cc1. The first kappa shape index (κ1) is 19.1. The highest BCUT2D eigenvalue weighted by Gasteiger charge is 2.16. The van der Waals surface area contributed by atoms with Gasteiger partial charge in [0, 0.05) is 43.4 Å². The summed E-state index contributed by atoms with van der Waals surface area (Å²) in [6.45, 7) is 5.84. The van der Waals surface area contributed by atoms with Gasteiger partial charge in [0.25, 0.3) is 5.91 Å². The van der Waals surface area contributed by atoms with Gasteiger partial charge in [0.2, 0.25) is 5.95 Å². The zero-order valence-corrected chi connectivity index (χ0v) is 16.8. The van der Waals surface area contributed by atoms with Gasteiger partial charge in [-0.15, -0.1) is 0 Å². The lowest BCUT2D eigenvalue weighted by Crippen LogP contribution is -2.45. The average molecular weight is 391 g/mol. The number of carbonyl (C=O) groups is 1. The smallest absolute Gasteiger partial charge is 0.262 e. The summed E-state index contributed by atoms with van der Waals surface area (Å²) in [5.41, 5.74) is 2.71. The molecule has 4 rings (SSSR count). The predicted octanol–water partition coefficient (Wildman–Crippen LogP) is 2.71. The van der Waals surface area contributed by atoms with Crippen molar-refractivity contribution in [3.63, 3.8) is 0 Å². The second-order valence-electron chi connectivity index (χ2n) is 7.38. The number of aromatic nitrogens is 2. The van der Waals surface area contributed by atoms with E-state index in [0.717, 1.165) is 48.6 Å². The molecule has 0 unspecified atom stereocenters. The first-order valence-electron chi connectivity index (χ1n) is 9.76. The molecule has 0 saturated carbocycles. The molecule has 0 spiro atoms. The van der Waals surface area contributed by atoms with Crippen molar-refractivity contribution < 1.29 is 9.53 Å². The molecule has 2 aromatic carbocycles. The molecule has 29 heavy (non-hydrogen) atoms. The molecule has 150 valence electrons. The van der Waals surface area contributed by atoms with Crippen molar-refractivity contribution >= 4 is 28.4 Å². The van der Waals surface area contributed by atoms with E-state index in [-0.39, 0.29) is 12.5 Å². The first-order valence-corrected chi connectivity index (χ1v) is 9.76. The van der Waals surface area contributed by atoms with E-state index in [4.69, 9.17) is 4.74 Å². The molecule has 1 aliphatic rings. The second kappa shape index (κ2) is 8.45. The molecule has 1 fully saturated rings. The Morgan fingerprint density at radius 3 is 2.62 bits per heavy atom. The fourth-order valence-corrected chi connectivity index (χ4v) is 3.24. The molecule has 0 atom stereocenters. The number of piperazine rings is 1. The molecule has 0 bridgehead atoms. The van der Waals surface area contributed by atoms with Crippen LogP contribution in [0.25, 0.3) is 10.9 Å². The third-order valence-corrected chi connectivity index (χ3v) is 5.03. The fourth-order valence-electron chi connectivity index (χ4n) is 3.24. The van der Waals surface area contributed by atoms with E-state index in [1.807, 2.05) is 55.6 Å². The normalized spacial score (nSPS) is 14.8. The van der Waals surface area contributed by atoms with Crippen LogP contribution >= 0.6 is 0 Å². The van der Waals surface area contributed by atoms with E-state index in [1.165, 1.54) is 0 Å². The van der Waals surface area contributed by atoms with Gasteiger partial charge in [-0.25, -0.2) is 9.97 Å². The maximum atomic E-state index is 12.2. The molecule has 1 aromatic heterocycles. The quantitative estimate of drug-likeness (QED) is 0.721. The summed E-state index contributed by atoms with van der Waals surface area (Å²) in [4.78, 5) is 25.9. The summed E-state index contributed by atoms with van der Waals surface area (Å²) < 4.78 is 5.53. The topological polar surface area (TPSA) is 70.6 Å². The molecule has 2 heterocycles. The van der Waals surface area contributed by atoms with Crippen molar-refractivity contribution in [1.82, 2.24) is 14.9 Å². The molecule has 1 N–H and O–H groups in total. The standard InChI is InChI=1S/C22H25N5O2/c1-16-3-6-19(7-4-16)29-15-21(28)24-18-5-8-20-17(13-18)14-23-22(25-20)27-11-9-26(2)10-12-27/h3-8,13-14H,9-12,15H2,1-2H3,(H,24,28). The lowest BCUT2D eigenvalue weighted by molar-refractivity contribution is -0.118. The van der Waals surface area contributed by atoms with E-state index in [9.17, 15) is 4.79 Å². The molecule has 7 nitrogen and oxygen atoms in total. The fraction of sp³-hybridized carbons (Fsp3) is 0.318. The number of hydrogen-bond acceptors (Lipinski definition) is 6. The van der Waals surface area contributed by atoms with E-state index in [2.05, 4.69) is 32.1 Å². The van der Waals surface area contributed by atoms with E-state index in [0.29, 0.717) is 11.4 Å². The number of aryl methyl sites for hydroxylation is 1. The Kier molecular flexibility index (Phi) is 5.57. The number of carbonyl (C=O) groups excluding carboxylic acids is 1. The Morgan fingerprint density at radius 2 is 1.86 bits per heavy atom. The highest BCUT2D eigenvalue weighted by molar-refractivity contribution is 5.94. The van der Waals surface area contributed by atoms with Gasteiger partial charge in [0.1, 0.15) is 5.75 Å². The van der Waals surface area contributed by atoms with Gasteiger partial charge in [-0.1, -0.05) is 17.7 Å². The van der Waals surface area contributed by atoms with Crippen molar-refractivity contribution in [2.75, 3.05) is 50.1 Å². The van der Waals surface area contributed by atoms with Crippen LogP contribution in [0, 0.1) is 6.92 Å². The first-order chi connectivity index (χ1) is 14.1. The van der Waals surface area contributed by atoms with Crippen LogP contribution in [0.3, 0.4) is 0 Å². The minimum Gasteiger partial charge on any atom is -0.484 e. The molecule has 0 aliphatic carbocycles. The van der Waals surface area contributed by atoms with Gasteiger partial charge in [-0.3, -0.25) is 4.79 Å². The molecule has 0 radical (unpaired) electrons. The Balaban J connectivity index is 1.38. The lowest BCUT2D eigenvalue weighted by atomic mass is 10.2. The van der Waals surface area contributed by atoms with Crippen LogP contribution in [0.4, 0.5) is 11.6 Å². The van der Waals surface area contributed by atoms with Crippen molar-refractivity contribution in [3.8, 4) is 5.75 Å². The van der Waals surface area contributed by atoms with Gasteiger partial charge in [0.05, 0.1) is 5.52 Å². The third-order valence-electron chi connectivity index (χ3n) is 5.03. The van der Waals surface area contributed by atoms with Gasteiger partial charge >= 0.3 is 0 Å². The van der Waals surface area contributed by atoms with Gasteiger partial charge in [-0.05, 0) is 44.3 Å². The van der Waals surface area contributed by atoms with Crippen LogP contribution in [0.5, 0.6) is 5.75 Å². The highest BCUT2D eigenvalue weighted by atomic mass is 16.5. The molecule has 1 aliphatic heterocycles. The summed E-state index contributed by atoms with van der Waals surface area (Å²) in [5, 5.41) is 3.75. The number of ether oxygens (including phenoxy) is 1. The molecule has 1 saturated heterocycles. The zero-order chi connectivity index (χ0) is 20.2. The Bertz CT molecular complexity index is 998. The van der Waals surface area contributed by atoms with E-state index >= 15 is 0 Å². The van der Waals surface area contributed by atoms with Crippen LogP contribution in [-0.4, -0.2) is 60.6 Å². The highest BCUT2D eigenvalue weighted by Crippen LogP contribution is 2.20. The number of rotatable bonds is 5. The van der Waals surface area contributed by atoms with Crippen LogP contribution in [-0.2, 0) is 4.79 Å². The number of amides is 1. The number of likely N-dealkylation sites (N-methyl/N-ethyl adjacent to an activating group) is 1. The van der Waals surface area contributed by atoms with Crippen molar-refractivity contribution in [3.05, 3.63) is 54.2 Å². The Hall–Kier alpha value is -3.19. The largest absolute Gasteiger partial charge is 0.484 e. The predicted molar refractivity (Wildman–Crippen MR) is 115 cm³/mol. The molecular weight excluding hydrogens is 366 g/mol. The second-order valence-corrected chi connectivity index (χ2v) is 7.38. The van der Waals surface area contributed by atoms with Crippen molar-refractivity contribution in [2.24, 2.45) is 0 Å². The summed E-state index contributed by atoms with van der Waals surface area (Å²) in [7, 11) is 2.13. The Morgan fingerprint density at radius 1 is 1.10 bits per heavy atom. The number of nitrogens with one attached hydrogen (secondary N) is 1. The number of fused-ring (bicyclic) bond motifs is 1. The van der Waals surface area contributed by atoms with Crippen LogP contribution in [0.1, 0.15) is 5.56 Å². The molecular formula is C22H25N5O2. The molecule has 3 aromatic rings. The maximum Gasteiger partial charge on any atom is 0.262 e. The summed E-state index contributed by atoms with van der Waals surface area (Å²) in [6.07, 6.45) is 1.81. The third kappa shape index (κ3) is 4.81. The monoisotopic (exact) mass is 391 g/mol. The van der Waals surface area contributed by atoms with E-state index in [1.54, 1.807) is 0 Å². The number of anilines is 2. The Labute approximate surface area is 170 Å². The van der Waals surface area contributed by atoms with Crippen molar-refractivity contribution in [2.45, 2.75) is 6.92 Å². The van der Waals surface area contributed by atoms with Crippen LogP contribution in [0.2, 0.25) is 0 Å². The lowest BCUT2D eigenvalue weighted by Gasteiger charge is -2.32. The average Bonchev–Trinajstić information content (AvgIpc) is 2.73. The van der Waals surface area contributed by atoms with Gasteiger partial charge in [0.15, 0.2) is 6.61 Å². The van der Waals surface area contributed by atoms with Crippen molar-refractivity contribution in [1.29, 1.82) is 0 Å². The summed E-state index contributed by atoms with van der Waals surface area (Å²) in [5.74, 6) is 1.22. The van der Waals surface area contributed by atoms with Gasteiger partial charge in [-0.2, -0.15) is 0 Å². The summed E-state index contributed by atoms with van der Waals surface area (Å²) >= 11 is 0. The van der Waals surface area contributed by atoms with Crippen LogP contribution < -0.4 is 15.0 Å². The maximum absolute atomic E-state index is 12.2. The summed E-state index contributed by atoms with van der Waals surface area (Å²) in [6, 6.07) is 13.3. The number of benzene rings is 2. The van der Waals surface area contributed by atoms with Gasteiger partial charge < -0.3 is 19.9 Å². The van der Waals surface area contributed by atoms with E-state index < -0.39 is 0 Å².